The highest BCUT2D eigenvalue weighted by Gasteiger charge is 2.27. The molecule has 0 radical (unpaired) electrons. The van der Waals surface area contributed by atoms with Crippen LogP contribution < -0.4 is 18.9 Å². The van der Waals surface area contributed by atoms with E-state index in [9.17, 15) is 9.90 Å². The number of aromatic hydroxyl groups is 1. The zero-order valence-corrected chi connectivity index (χ0v) is 17.9. The van der Waals surface area contributed by atoms with Crippen LogP contribution in [-0.2, 0) is 6.54 Å². The maximum absolute atomic E-state index is 13.6. The number of hydrogen-bond acceptors (Lipinski definition) is 8. The molecular formula is C22H25NO7. The van der Waals surface area contributed by atoms with Crippen molar-refractivity contribution in [1.29, 1.82) is 0 Å². The van der Waals surface area contributed by atoms with Gasteiger partial charge in [0.1, 0.15) is 5.76 Å². The molecule has 0 atom stereocenters. The van der Waals surface area contributed by atoms with Crippen LogP contribution in [0.25, 0.3) is 11.0 Å². The summed E-state index contributed by atoms with van der Waals surface area (Å²) in [4.78, 5) is 15.5. The molecule has 8 nitrogen and oxygen atoms in total. The predicted molar refractivity (Wildman–Crippen MR) is 111 cm³/mol. The van der Waals surface area contributed by atoms with Crippen LogP contribution in [0.3, 0.4) is 0 Å². The summed E-state index contributed by atoms with van der Waals surface area (Å²) in [6, 6.07) is 6.47. The SMILES string of the molecule is COc1cc(C(=O)c2c(CN(C)C)oc3c(O)c(OC)ccc23)cc(OC)c1OC. The Bertz CT molecular complexity index is 1060. The fourth-order valence-electron chi connectivity index (χ4n) is 3.35. The van der Waals surface area contributed by atoms with Gasteiger partial charge < -0.3 is 33.4 Å². The third-order valence-corrected chi connectivity index (χ3v) is 4.70. The zero-order chi connectivity index (χ0) is 22.0. The minimum absolute atomic E-state index is 0.154. The Balaban J connectivity index is 2.25. The third kappa shape index (κ3) is 3.61. The van der Waals surface area contributed by atoms with Crippen LogP contribution in [0, 0.1) is 0 Å². The average Bonchev–Trinajstić information content (AvgIpc) is 3.10. The summed E-state index contributed by atoms with van der Waals surface area (Å²) in [7, 11) is 9.65. The molecule has 2 aromatic carbocycles. The molecule has 1 N–H and O–H groups in total. The van der Waals surface area contributed by atoms with Gasteiger partial charge in [-0.1, -0.05) is 0 Å². The van der Waals surface area contributed by atoms with Crippen LogP contribution in [0.4, 0.5) is 0 Å². The van der Waals surface area contributed by atoms with E-state index in [0.29, 0.717) is 46.1 Å². The summed E-state index contributed by atoms with van der Waals surface area (Å²) in [6.45, 7) is 0.363. The molecule has 0 aliphatic carbocycles. The Hall–Kier alpha value is -3.39. The van der Waals surface area contributed by atoms with Gasteiger partial charge in [-0.15, -0.1) is 0 Å². The van der Waals surface area contributed by atoms with E-state index in [4.69, 9.17) is 23.4 Å². The predicted octanol–water partition coefficient (Wildman–Crippen LogP) is 3.47. The second-order valence-corrected chi connectivity index (χ2v) is 6.87. The smallest absolute Gasteiger partial charge is 0.203 e. The van der Waals surface area contributed by atoms with Crippen molar-refractivity contribution < 1.29 is 33.3 Å². The zero-order valence-electron chi connectivity index (χ0n) is 17.9. The molecule has 0 aliphatic heterocycles. The van der Waals surface area contributed by atoms with Crippen molar-refractivity contribution in [2.45, 2.75) is 6.54 Å². The lowest BCUT2D eigenvalue weighted by atomic mass is 9.99. The first-order chi connectivity index (χ1) is 14.4. The Morgan fingerprint density at radius 1 is 0.967 bits per heavy atom. The Labute approximate surface area is 174 Å². The van der Waals surface area contributed by atoms with Gasteiger partial charge in [0.2, 0.25) is 11.5 Å². The highest BCUT2D eigenvalue weighted by molar-refractivity contribution is 6.18. The van der Waals surface area contributed by atoms with E-state index in [1.54, 1.807) is 24.3 Å². The van der Waals surface area contributed by atoms with Crippen LogP contribution in [-0.4, -0.2) is 58.3 Å². The Morgan fingerprint density at radius 3 is 2.07 bits per heavy atom. The van der Waals surface area contributed by atoms with Gasteiger partial charge >= 0.3 is 0 Å². The number of carbonyl (C=O) groups excluding carboxylic acids is 1. The number of ether oxygens (including phenoxy) is 4. The van der Waals surface area contributed by atoms with Gasteiger partial charge in [0, 0.05) is 10.9 Å². The summed E-state index contributed by atoms with van der Waals surface area (Å²) in [5.74, 6) is 1.37. The van der Waals surface area contributed by atoms with E-state index in [0.717, 1.165) is 0 Å². The highest BCUT2D eigenvalue weighted by Crippen LogP contribution is 2.42. The van der Waals surface area contributed by atoms with Gasteiger partial charge in [-0.05, 0) is 38.4 Å². The molecule has 1 aromatic heterocycles. The average molecular weight is 415 g/mol. The fourth-order valence-corrected chi connectivity index (χ4v) is 3.35. The van der Waals surface area contributed by atoms with Crippen LogP contribution in [0.5, 0.6) is 28.7 Å². The maximum Gasteiger partial charge on any atom is 0.203 e. The lowest BCUT2D eigenvalue weighted by molar-refractivity contribution is 0.103. The van der Waals surface area contributed by atoms with Crippen molar-refractivity contribution in [3.63, 3.8) is 0 Å². The van der Waals surface area contributed by atoms with Gasteiger partial charge in [0.05, 0.1) is 40.5 Å². The van der Waals surface area contributed by atoms with Gasteiger partial charge in [0.25, 0.3) is 0 Å². The second-order valence-electron chi connectivity index (χ2n) is 6.87. The number of phenolic OH excluding ortho intramolecular Hbond substituents is 1. The van der Waals surface area contributed by atoms with Gasteiger partial charge in [-0.25, -0.2) is 0 Å². The molecule has 3 rings (SSSR count). The molecule has 0 spiro atoms. The molecule has 8 heteroatoms. The molecule has 0 saturated carbocycles. The number of fused-ring (bicyclic) bond motifs is 1. The van der Waals surface area contributed by atoms with E-state index in [1.807, 2.05) is 19.0 Å². The van der Waals surface area contributed by atoms with Crippen molar-refractivity contribution >= 4 is 16.8 Å². The number of methoxy groups -OCH3 is 4. The van der Waals surface area contributed by atoms with Crippen LogP contribution >= 0.6 is 0 Å². The van der Waals surface area contributed by atoms with Crippen molar-refractivity contribution in [3.05, 3.63) is 41.2 Å². The number of furan rings is 1. The number of rotatable bonds is 8. The van der Waals surface area contributed by atoms with E-state index in [2.05, 4.69) is 0 Å². The lowest BCUT2D eigenvalue weighted by Crippen LogP contribution is -2.13. The molecule has 0 fully saturated rings. The third-order valence-electron chi connectivity index (χ3n) is 4.70. The van der Waals surface area contributed by atoms with E-state index >= 15 is 0 Å². The van der Waals surface area contributed by atoms with Gasteiger partial charge in [0.15, 0.2) is 28.6 Å². The first-order valence-corrected chi connectivity index (χ1v) is 9.17. The van der Waals surface area contributed by atoms with Crippen molar-refractivity contribution in [2.75, 3.05) is 42.5 Å². The maximum atomic E-state index is 13.6. The van der Waals surface area contributed by atoms with Crippen LogP contribution in [0.1, 0.15) is 21.7 Å². The lowest BCUT2D eigenvalue weighted by Gasteiger charge is -2.14. The molecule has 0 bridgehead atoms. The molecule has 0 amide bonds. The van der Waals surface area contributed by atoms with Crippen LogP contribution in [0.2, 0.25) is 0 Å². The highest BCUT2D eigenvalue weighted by atomic mass is 16.5. The first-order valence-electron chi connectivity index (χ1n) is 9.17. The Morgan fingerprint density at radius 2 is 1.57 bits per heavy atom. The molecule has 0 unspecified atom stereocenters. The summed E-state index contributed by atoms with van der Waals surface area (Å²) < 4.78 is 27.2. The standard InChI is InChI=1S/C22H25NO7/c1-23(2)11-17-18(13-7-8-14(26-3)20(25)21(13)30-17)19(24)12-9-15(27-4)22(29-6)16(10-12)28-5/h7-10,25H,11H2,1-6H3. The number of ketones is 1. The number of benzene rings is 2. The van der Waals surface area contributed by atoms with E-state index in [-0.39, 0.29) is 22.9 Å². The molecule has 1 heterocycles. The monoisotopic (exact) mass is 415 g/mol. The normalized spacial score (nSPS) is 11.0. The minimum atomic E-state index is -0.297. The minimum Gasteiger partial charge on any atom is -0.502 e. The quantitative estimate of drug-likeness (QED) is 0.560. The molecule has 3 aromatic rings. The van der Waals surface area contributed by atoms with Crippen molar-refractivity contribution in [3.8, 4) is 28.7 Å². The van der Waals surface area contributed by atoms with Gasteiger partial charge in [-0.3, -0.25) is 4.79 Å². The largest absolute Gasteiger partial charge is 0.502 e. The number of carbonyl (C=O) groups is 1. The summed E-state index contributed by atoms with van der Waals surface area (Å²) in [5.41, 5.74) is 0.885. The Kier molecular flexibility index (Phi) is 6.07. The molecule has 0 aliphatic rings. The first kappa shape index (κ1) is 21.3. The molecule has 0 saturated heterocycles. The summed E-state index contributed by atoms with van der Waals surface area (Å²) in [6.07, 6.45) is 0. The summed E-state index contributed by atoms with van der Waals surface area (Å²) >= 11 is 0. The van der Waals surface area contributed by atoms with Crippen LogP contribution in [0.15, 0.2) is 28.7 Å². The van der Waals surface area contributed by atoms with Crippen molar-refractivity contribution in [2.24, 2.45) is 0 Å². The number of hydrogen-bond donors (Lipinski definition) is 1. The number of phenols is 1. The molecular weight excluding hydrogens is 390 g/mol. The topological polar surface area (TPSA) is 90.6 Å². The molecule has 30 heavy (non-hydrogen) atoms. The van der Waals surface area contributed by atoms with E-state index < -0.39 is 0 Å². The molecule has 160 valence electrons. The van der Waals surface area contributed by atoms with Gasteiger partial charge in [-0.2, -0.15) is 0 Å². The van der Waals surface area contributed by atoms with Crippen molar-refractivity contribution in [1.82, 2.24) is 4.90 Å². The number of nitrogens with zero attached hydrogens (tertiary/aromatic N) is 1. The fraction of sp³-hybridized carbons (Fsp3) is 0.318. The summed E-state index contributed by atoms with van der Waals surface area (Å²) in [5, 5.41) is 11.0. The van der Waals surface area contributed by atoms with E-state index in [1.165, 1.54) is 28.4 Å². The second kappa shape index (κ2) is 8.54.